The molecular formula is C36H47N3O6S. The number of fused-ring (bicyclic) bond motifs is 1. The normalized spacial score (nSPS) is 11.3. The van der Waals surface area contributed by atoms with E-state index in [1.807, 2.05) is 12.1 Å². The Balaban J connectivity index is 1.42. The minimum absolute atomic E-state index is 0.0224. The number of nitrogens with zero attached hydrogens (tertiary/aromatic N) is 2. The van der Waals surface area contributed by atoms with Crippen LogP contribution in [-0.2, 0) is 9.53 Å². The van der Waals surface area contributed by atoms with E-state index in [2.05, 4.69) is 30.1 Å². The van der Waals surface area contributed by atoms with Crippen molar-refractivity contribution in [3.05, 3.63) is 62.8 Å². The second kappa shape index (κ2) is 20.1. The fourth-order valence-corrected chi connectivity index (χ4v) is 5.98. The van der Waals surface area contributed by atoms with Crippen LogP contribution >= 0.6 is 11.3 Å². The summed E-state index contributed by atoms with van der Waals surface area (Å²) in [5, 5.41) is 14.2. The zero-order chi connectivity index (χ0) is 33.1. The average Bonchev–Trinajstić information content (AvgIpc) is 3.53. The number of methoxy groups -OCH3 is 1. The fraction of sp³-hybridized carbons (Fsp3) is 0.500. The van der Waals surface area contributed by atoms with Gasteiger partial charge in [0.1, 0.15) is 28.5 Å². The lowest BCUT2D eigenvalue weighted by atomic mass is 10.1. The number of nitrogens with one attached hydrogen (secondary N) is 1. The molecule has 0 saturated carbocycles. The first kappa shape index (κ1) is 36.4. The van der Waals surface area contributed by atoms with E-state index in [4.69, 9.17) is 13.9 Å². The van der Waals surface area contributed by atoms with Crippen molar-refractivity contribution in [2.24, 2.45) is 0 Å². The van der Waals surface area contributed by atoms with E-state index in [9.17, 15) is 19.6 Å². The van der Waals surface area contributed by atoms with Gasteiger partial charge in [0.25, 0.3) is 5.91 Å². The SMILES string of the molecule is CCCCCCN(CCCCCC)c1ccc(/C=C(\C#N)C(=O)OCCCCCNC(=O)c2cc3ccc(OC)cc3oc2=O)s1. The van der Waals surface area contributed by atoms with Crippen molar-refractivity contribution >= 4 is 45.3 Å². The van der Waals surface area contributed by atoms with Gasteiger partial charge < -0.3 is 24.1 Å². The third-order valence-corrected chi connectivity index (χ3v) is 8.74. The number of nitriles is 1. The van der Waals surface area contributed by atoms with Crippen LogP contribution in [0.5, 0.6) is 5.75 Å². The van der Waals surface area contributed by atoms with Gasteiger partial charge in [0.2, 0.25) is 0 Å². The quantitative estimate of drug-likeness (QED) is 0.0407. The Hall–Kier alpha value is -4.10. The third-order valence-electron chi connectivity index (χ3n) is 7.64. The van der Waals surface area contributed by atoms with E-state index >= 15 is 0 Å². The van der Waals surface area contributed by atoms with Crippen LogP contribution in [0.1, 0.15) is 99.7 Å². The van der Waals surface area contributed by atoms with Crippen molar-refractivity contribution in [1.82, 2.24) is 5.32 Å². The molecular weight excluding hydrogens is 602 g/mol. The fourth-order valence-electron chi connectivity index (χ4n) is 4.98. The summed E-state index contributed by atoms with van der Waals surface area (Å²) >= 11 is 1.60. The molecule has 0 spiro atoms. The summed E-state index contributed by atoms with van der Waals surface area (Å²) in [6, 6.07) is 12.6. The second-order valence-electron chi connectivity index (χ2n) is 11.3. The molecule has 10 heteroatoms. The van der Waals surface area contributed by atoms with Gasteiger partial charge >= 0.3 is 11.6 Å². The lowest BCUT2D eigenvalue weighted by Crippen LogP contribution is -2.29. The van der Waals surface area contributed by atoms with E-state index in [0.717, 1.165) is 30.8 Å². The largest absolute Gasteiger partial charge is 0.497 e. The topological polar surface area (TPSA) is 122 Å². The maximum Gasteiger partial charge on any atom is 0.349 e. The molecule has 248 valence electrons. The Morgan fingerprint density at radius 2 is 1.67 bits per heavy atom. The Morgan fingerprint density at radius 1 is 0.957 bits per heavy atom. The summed E-state index contributed by atoms with van der Waals surface area (Å²) in [6.07, 6.45) is 13.2. The van der Waals surface area contributed by atoms with Crippen molar-refractivity contribution in [1.29, 1.82) is 5.26 Å². The van der Waals surface area contributed by atoms with Crippen LogP contribution in [0.15, 0.2) is 51.2 Å². The highest BCUT2D eigenvalue weighted by atomic mass is 32.1. The van der Waals surface area contributed by atoms with E-state index in [1.54, 1.807) is 35.6 Å². The van der Waals surface area contributed by atoms with Gasteiger partial charge in [-0.1, -0.05) is 52.4 Å². The molecule has 3 aromatic rings. The lowest BCUT2D eigenvalue weighted by molar-refractivity contribution is -0.138. The molecule has 0 unspecified atom stereocenters. The second-order valence-corrected chi connectivity index (χ2v) is 12.4. The molecule has 3 rings (SSSR count). The van der Waals surface area contributed by atoms with Crippen molar-refractivity contribution in [2.75, 3.05) is 38.3 Å². The zero-order valence-electron chi connectivity index (χ0n) is 27.4. The van der Waals surface area contributed by atoms with Gasteiger partial charge in [-0.15, -0.1) is 11.3 Å². The van der Waals surface area contributed by atoms with E-state index < -0.39 is 17.5 Å². The molecule has 0 radical (unpaired) electrons. The molecule has 2 aromatic heterocycles. The first-order valence-electron chi connectivity index (χ1n) is 16.4. The maximum atomic E-state index is 12.6. The number of anilines is 1. The molecule has 1 aromatic carbocycles. The van der Waals surface area contributed by atoms with Crippen molar-refractivity contribution in [3.8, 4) is 11.8 Å². The highest BCUT2D eigenvalue weighted by Gasteiger charge is 2.15. The molecule has 0 aliphatic rings. The molecule has 1 amide bonds. The Morgan fingerprint density at radius 3 is 2.35 bits per heavy atom. The van der Waals surface area contributed by atoms with Gasteiger partial charge in [0.05, 0.1) is 18.7 Å². The van der Waals surface area contributed by atoms with Gasteiger partial charge in [-0.05, 0) is 68.5 Å². The number of unbranched alkanes of at least 4 members (excludes halogenated alkanes) is 8. The van der Waals surface area contributed by atoms with Crippen LogP contribution in [0.2, 0.25) is 0 Å². The van der Waals surface area contributed by atoms with Crippen LogP contribution in [0.25, 0.3) is 17.0 Å². The molecule has 0 aliphatic carbocycles. The summed E-state index contributed by atoms with van der Waals surface area (Å²) in [4.78, 5) is 40.7. The summed E-state index contributed by atoms with van der Waals surface area (Å²) in [6.45, 7) is 6.99. The molecule has 0 saturated heterocycles. The standard InChI is InChI=1S/C36H47N3O6S/c1-4-6-8-12-20-39(21-13-9-7-5-2)33-18-17-30(46-33)23-28(26-37)35(41)44-22-14-10-11-19-38-34(40)31-24-27-15-16-29(43-3)25-32(27)45-36(31)42/h15-18,23-25H,4-14,19-22H2,1-3H3,(H,38,40)/b28-23+. The Bertz CT molecular complexity index is 1520. The third kappa shape index (κ3) is 11.7. The molecule has 0 bridgehead atoms. The first-order valence-corrected chi connectivity index (χ1v) is 17.3. The molecule has 0 atom stereocenters. The molecule has 0 aliphatic heterocycles. The van der Waals surface area contributed by atoms with Crippen molar-refractivity contribution in [2.45, 2.75) is 84.5 Å². The molecule has 9 nitrogen and oxygen atoms in total. The predicted molar refractivity (Wildman–Crippen MR) is 185 cm³/mol. The number of rotatable bonds is 21. The number of thiophene rings is 1. The average molecular weight is 650 g/mol. The van der Waals surface area contributed by atoms with Crippen LogP contribution < -0.4 is 20.6 Å². The zero-order valence-corrected chi connectivity index (χ0v) is 28.2. The van der Waals surface area contributed by atoms with Gasteiger partial charge in [0.15, 0.2) is 0 Å². The molecule has 0 fully saturated rings. The predicted octanol–water partition coefficient (Wildman–Crippen LogP) is 7.88. The summed E-state index contributed by atoms with van der Waals surface area (Å²) in [7, 11) is 1.52. The minimum atomic E-state index is -0.715. The van der Waals surface area contributed by atoms with E-state index in [1.165, 1.54) is 56.7 Å². The number of hydrogen-bond acceptors (Lipinski definition) is 9. The summed E-state index contributed by atoms with van der Waals surface area (Å²) in [5.41, 5.74) is -0.455. The number of esters is 1. The van der Waals surface area contributed by atoms with Crippen LogP contribution in [0, 0.1) is 11.3 Å². The Kier molecular flexibility index (Phi) is 15.9. The smallest absolute Gasteiger partial charge is 0.349 e. The summed E-state index contributed by atoms with van der Waals surface area (Å²) in [5.74, 6) is -0.588. The van der Waals surface area contributed by atoms with E-state index in [-0.39, 0.29) is 17.7 Å². The van der Waals surface area contributed by atoms with Gasteiger partial charge in [0, 0.05) is 36.0 Å². The van der Waals surface area contributed by atoms with Crippen LogP contribution in [-0.4, -0.2) is 45.2 Å². The number of ether oxygens (including phenoxy) is 2. The van der Waals surface area contributed by atoms with E-state index in [0.29, 0.717) is 42.5 Å². The number of carbonyl (C=O) groups is 2. The molecule has 2 heterocycles. The van der Waals surface area contributed by atoms with Crippen molar-refractivity contribution in [3.63, 3.8) is 0 Å². The van der Waals surface area contributed by atoms with Gasteiger partial charge in [-0.25, -0.2) is 9.59 Å². The van der Waals surface area contributed by atoms with Crippen LogP contribution in [0.3, 0.4) is 0 Å². The van der Waals surface area contributed by atoms with Gasteiger partial charge in [-0.3, -0.25) is 4.79 Å². The van der Waals surface area contributed by atoms with Gasteiger partial charge in [-0.2, -0.15) is 5.26 Å². The number of amides is 1. The van der Waals surface area contributed by atoms with Crippen molar-refractivity contribution < 1.29 is 23.5 Å². The molecule has 46 heavy (non-hydrogen) atoms. The summed E-state index contributed by atoms with van der Waals surface area (Å²) < 4.78 is 15.8. The number of carbonyl (C=O) groups excluding carboxylic acids is 2. The highest BCUT2D eigenvalue weighted by Crippen LogP contribution is 2.29. The monoisotopic (exact) mass is 649 g/mol. The van der Waals surface area contributed by atoms with Crippen LogP contribution in [0.4, 0.5) is 5.00 Å². The molecule has 1 N–H and O–H groups in total. The minimum Gasteiger partial charge on any atom is -0.497 e. The highest BCUT2D eigenvalue weighted by molar-refractivity contribution is 7.17. The number of benzene rings is 1. The maximum absolute atomic E-state index is 12.6. The Labute approximate surface area is 276 Å². The number of hydrogen-bond donors (Lipinski definition) is 1. The first-order chi connectivity index (χ1) is 22.4. The lowest BCUT2D eigenvalue weighted by Gasteiger charge is -2.23.